The molecule has 1 aromatic carbocycles. The third-order valence-corrected chi connectivity index (χ3v) is 6.23. The highest BCUT2D eigenvalue weighted by Crippen LogP contribution is 2.36. The zero-order valence-electron chi connectivity index (χ0n) is 16.3. The number of likely N-dealkylation sites (N-methyl/N-ethyl adjacent to an activating group) is 1. The van der Waals surface area contributed by atoms with Crippen LogP contribution in [0.2, 0.25) is 0 Å². The highest BCUT2D eigenvalue weighted by atomic mass is 32.2. The van der Waals surface area contributed by atoms with Crippen molar-refractivity contribution >= 4 is 51.1 Å². The number of carbonyl (C=O) groups is 1. The Morgan fingerprint density at radius 3 is 2.77 bits per heavy atom. The minimum absolute atomic E-state index is 0.0252. The zero-order valence-corrected chi connectivity index (χ0v) is 17.9. The summed E-state index contributed by atoms with van der Waals surface area (Å²) in [5.74, 6) is 0.589. The standard InChI is InChI=1S/C20H16N4O4S2/c1-11-4-6-14(15(8-11)24(26)27)16-7-5-13(28-16)9-17-18(25)23(3)20(30-17)22-19-21-12(2)10-29-19/h4-10H,1-3H3/b17-9+,22-20+. The van der Waals surface area contributed by atoms with Gasteiger partial charge in [-0.3, -0.25) is 19.8 Å². The van der Waals surface area contributed by atoms with Crippen LogP contribution in [0.3, 0.4) is 0 Å². The van der Waals surface area contributed by atoms with Crippen molar-refractivity contribution in [3.8, 4) is 11.3 Å². The van der Waals surface area contributed by atoms with Gasteiger partial charge in [-0.2, -0.15) is 4.99 Å². The van der Waals surface area contributed by atoms with Gasteiger partial charge >= 0.3 is 0 Å². The Morgan fingerprint density at radius 1 is 1.27 bits per heavy atom. The predicted octanol–water partition coefficient (Wildman–Crippen LogP) is 5.16. The van der Waals surface area contributed by atoms with Gasteiger partial charge in [-0.25, -0.2) is 4.98 Å². The van der Waals surface area contributed by atoms with Gasteiger partial charge in [0.25, 0.3) is 11.6 Å². The third kappa shape index (κ3) is 3.91. The van der Waals surface area contributed by atoms with Gasteiger partial charge in [0.1, 0.15) is 11.5 Å². The molecule has 152 valence electrons. The Balaban J connectivity index is 1.63. The molecule has 8 nitrogen and oxygen atoms in total. The number of thiazole rings is 1. The number of amides is 1. The van der Waals surface area contributed by atoms with E-state index in [1.165, 1.54) is 34.1 Å². The number of thioether (sulfide) groups is 1. The first-order valence-electron chi connectivity index (χ1n) is 8.85. The maximum atomic E-state index is 12.6. The van der Waals surface area contributed by atoms with Crippen LogP contribution in [0.25, 0.3) is 17.4 Å². The maximum Gasteiger partial charge on any atom is 0.280 e. The lowest BCUT2D eigenvalue weighted by Crippen LogP contribution is -2.23. The van der Waals surface area contributed by atoms with E-state index in [1.54, 1.807) is 44.3 Å². The van der Waals surface area contributed by atoms with Crippen LogP contribution in [-0.2, 0) is 4.79 Å². The van der Waals surface area contributed by atoms with Crippen LogP contribution >= 0.6 is 23.1 Å². The van der Waals surface area contributed by atoms with Gasteiger partial charge in [-0.15, -0.1) is 11.3 Å². The van der Waals surface area contributed by atoms with E-state index in [2.05, 4.69) is 9.98 Å². The summed E-state index contributed by atoms with van der Waals surface area (Å²) in [6.07, 6.45) is 1.61. The number of carbonyl (C=O) groups excluding carboxylic acids is 1. The third-order valence-electron chi connectivity index (χ3n) is 4.32. The second kappa shape index (κ2) is 7.88. The van der Waals surface area contributed by atoms with Crippen molar-refractivity contribution in [2.45, 2.75) is 13.8 Å². The summed E-state index contributed by atoms with van der Waals surface area (Å²) in [5.41, 5.74) is 2.03. The number of nitrogens with zero attached hydrogens (tertiary/aromatic N) is 4. The van der Waals surface area contributed by atoms with E-state index in [0.29, 0.717) is 32.3 Å². The topological polar surface area (TPSA) is 102 Å². The lowest BCUT2D eigenvalue weighted by molar-refractivity contribution is -0.384. The van der Waals surface area contributed by atoms with Crippen LogP contribution in [0.1, 0.15) is 17.0 Å². The molecule has 3 heterocycles. The largest absolute Gasteiger partial charge is 0.456 e. The first-order valence-corrected chi connectivity index (χ1v) is 10.5. The van der Waals surface area contributed by atoms with Crippen molar-refractivity contribution in [3.63, 3.8) is 0 Å². The van der Waals surface area contributed by atoms with E-state index < -0.39 is 4.92 Å². The molecule has 2 aromatic heterocycles. The van der Waals surface area contributed by atoms with Gasteiger partial charge in [0.2, 0.25) is 5.13 Å². The number of amidine groups is 1. The number of furan rings is 1. The van der Waals surface area contributed by atoms with Gasteiger partial charge in [0.15, 0.2) is 5.17 Å². The van der Waals surface area contributed by atoms with E-state index in [1.807, 2.05) is 12.3 Å². The summed E-state index contributed by atoms with van der Waals surface area (Å²) in [7, 11) is 1.65. The first kappa shape index (κ1) is 20.0. The number of benzene rings is 1. The maximum absolute atomic E-state index is 12.6. The van der Waals surface area contributed by atoms with E-state index in [9.17, 15) is 14.9 Å². The van der Waals surface area contributed by atoms with Gasteiger partial charge in [0, 0.05) is 24.6 Å². The molecule has 0 bridgehead atoms. The summed E-state index contributed by atoms with van der Waals surface area (Å²) in [5, 5.41) is 14.4. The SMILES string of the molecule is Cc1ccc(-c2ccc(/C=C3/S/C(=N/c4nc(C)cs4)N(C)C3=O)o2)c([N+](=O)[O-])c1. The molecular formula is C20H16N4O4S2. The number of aliphatic imine (C=N–C) groups is 1. The van der Waals surface area contributed by atoms with Crippen LogP contribution in [0.4, 0.5) is 10.8 Å². The lowest BCUT2D eigenvalue weighted by atomic mass is 10.1. The minimum atomic E-state index is -0.433. The summed E-state index contributed by atoms with van der Waals surface area (Å²) in [4.78, 5) is 34.2. The van der Waals surface area contributed by atoms with E-state index in [-0.39, 0.29) is 11.6 Å². The highest BCUT2D eigenvalue weighted by molar-refractivity contribution is 8.18. The number of aryl methyl sites for hydroxylation is 2. The fourth-order valence-electron chi connectivity index (χ4n) is 2.83. The molecule has 0 saturated carbocycles. The van der Waals surface area contributed by atoms with E-state index >= 15 is 0 Å². The molecule has 0 unspecified atom stereocenters. The fourth-order valence-corrected chi connectivity index (χ4v) is 4.50. The molecule has 0 spiro atoms. The normalized spacial score (nSPS) is 16.8. The number of rotatable bonds is 4. The molecule has 1 fully saturated rings. The number of nitro groups is 1. The first-order chi connectivity index (χ1) is 14.3. The molecule has 30 heavy (non-hydrogen) atoms. The molecular weight excluding hydrogens is 424 g/mol. The lowest BCUT2D eigenvalue weighted by Gasteiger charge is -2.05. The average molecular weight is 441 g/mol. The molecule has 3 aromatic rings. The van der Waals surface area contributed by atoms with Crippen LogP contribution in [0.15, 0.2) is 50.0 Å². The zero-order chi connectivity index (χ0) is 21.4. The van der Waals surface area contributed by atoms with Crippen LogP contribution in [0.5, 0.6) is 0 Å². The van der Waals surface area contributed by atoms with Crippen molar-refractivity contribution in [1.29, 1.82) is 0 Å². The smallest absolute Gasteiger partial charge is 0.280 e. The summed E-state index contributed by atoms with van der Waals surface area (Å²) >= 11 is 2.63. The summed E-state index contributed by atoms with van der Waals surface area (Å²) in [6, 6.07) is 8.29. The van der Waals surface area contributed by atoms with E-state index in [4.69, 9.17) is 4.42 Å². The second-order valence-electron chi connectivity index (χ2n) is 6.62. The molecule has 1 amide bonds. The van der Waals surface area contributed by atoms with Gasteiger partial charge in [0.05, 0.1) is 21.1 Å². The van der Waals surface area contributed by atoms with Gasteiger partial charge < -0.3 is 4.42 Å². The molecule has 0 N–H and O–H groups in total. The Hall–Kier alpha value is -3.24. The summed E-state index contributed by atoms with van der Waals surface area (Å²) < 4.78 is 5.79. The van der Waals surface area contributed by atoms with Gasteiger partial charge in [-0.05, 0) is 49.4 Å². The molecule has 1 saturated heterocycles. The second-order valence-corrected chi connectivity index (χ2v) is 8.47. The molecule has 1 aliphatic rings. The van der Waals surface area contributed by atoms with Crippen LogP contribution in [0, 0.1) is 24.0 Å². The molecule has 0 atom stereocenters. The summed E-state index contributed by atoms with van der Waals surface area (Å²) in [6.45, 7) is 3.68. The highest BCUT2D eigenvalue weighted by Gasteiger charge is 2.31. The predicted molar refractivity (Wildman–Crippen MR) is 118 cm³/mol. The number of aromatic nitrogens is 1. The van der Waals surface area contributed by atoms with Crippen molar-refractivity contribution < 1.29 is 14.1 Å². The van der Waals surface area contributed by atoms with Crippen molar-refractivity contribution in [3.05, 3.63) is 67.7 Å². The number of hydrogen-bond donors (Lipinski definition) is 0. The van der Waals surface area contributed by atoms with E-state index in [0.717, 1.165) is 11.3 Å². The van der Waals surface area contributed by atoms with Crippen LogP contribution < -0.4 is 0 Å². The monoisotopic (exact) mass is 440 g/mol. The molecule has 10 heteroatoms. The molecule has 0 radical (unpaired) electrons. The fraction of sp³-hybridized carbons (Fsp3) is 0.150. The van der Waals surface area contributed by atoms with Gasteiger partial charge in [-0.1, -0.05) is 6.07 Å². The van der Waals surface area contributed by atoms with Crippen molar-refractivity contribution in [2.24, 2.45) is 4.99 Å². The Bertz CT molecular complexity index is 1230. The Labute approximate surface area is 180 Å². The van der Waals surface area contributed by atoms with Crippen molar-refractivity contribution in [2.75, 3.05) is 7.05 Å². The minimum Gasteiger partial charge on any atom is -0.456 e. The van der Waals surface area contributed by atoms with Crippen LogP contribution in [-0.4, -0.2) is 32.9 Å². The Kier molecular flexibility index (Phi) is 5.27. The molecule has 4 rings (SSSR count). The Morgan fingerprint density at radius 2 is 2.07 bits per heavy atom. The molecule has 1 aliphatic heterocycles. The quantitative estimate of drug-likeness (QED) is 0.315. The number of hydrogen-bond acceptors (Lipinski definition) is 8. The average Bonchev–Trinajstić information content (AvgIpc) is 3.39. The van der Waals surface area contributed by atoms with Crippen molar-refractivity contribution in [1.82, 2.24) is 9.88 Å². The molecule has 0 aliphatic carbocycles. The number of nitro benzene ring substituents is 1.